The molecule has 0 aliphatic carbocycles. The summed E-state index contributed by atoms with van der Waals surface area (Å²) < 4.78 is 9.96. The van der Waals surface area contributed by atoms with Crippen LogP contribution in [-0.2, 0) is 20.7 Å². The molecule has 0 fully saturated rings. The molecular weight excluding hydrogens is 296 g/mol. The van der Waals surface area contributed by atoms with Crippen LogP contribution in [0.4, 0.5) is 0 Å². The van der Waals surface area contributed by atoms with Crippen molar-refractivity contribution in [3.8, 4) is 0 Å². The number of carbonyl (C=O) groups is 1. The largest absolute Gasteiger partial charge is 0.465 e. The van der Waals surface area contributed by atoms with Gasteiger partial charge in [0.25, 0.3) is 6.29 Å². The van der Waals surface area contributed by atoms with Crippen molar-refractivity contribution in [1.82, 2.24) is 0 Å². The van der Waals surface area contributed by atoms with Gasteiger partial charge in [-0.05, 0) is 18.4 Å². The minimum atomic E-state index is -1.54. The van der Waals surface area contributed by atoms with Gasteiger partial charge in [0.05, 0.1) is 21.3 Å². The Bertz CT molecular complexity index is 479. The molecule has 0 aliphatic heterocycles. The van der Waals surface area contributed by atoms with Crippen LogP contribution in [0.2, 0.25) is 19.6 Å². The van der Waals surface area contributed by atoms with Gasteiger partial charge in [0, 0.05) is 0 Å². The first-order valence-electron chi connectivity index (χ1n) is 7.45. The Labute approximate surface area is 133 Å². The molecular formula is C17H26O4Si. The van der Waals surface area contributed by atoms with Crippen LogP contribution in [0.5, 0.6) is 0 Å². The van der Waals surface area contributed by atoms with Crippen LogP contribution >= 0.6 is 0 Å². The first-order chi connectivity index (χ1) is 10.3. The monoisotopic (exact) mass is 322 g/mol. The standard InChI is InChI=1S/C17H26O4Si/c1-20-16(18)17(19)21-15(11-8-12-22(2,3)4)13-14-9-6-5-7-10-14/h5-10,12,15,17,19H,11,13H2,1-4H3/b12-8+. The first-order valence-corrected chi connectivity index (χ1v) is 11.0. The minimum Gasteiger partial charge on any atom is -0.465 e. The van der Waals surface area contributed by atoms with Gasteiger partial charge in [0.1, 0.15) is 0 Å². The summed E-state index contributed by atoms with van der Waals surface area (Å²) in [5, 5.41) is 9.71. The molecule has 0 saturated heterocycles. The molecule has 5 heteroatoms. The van der Waals surface area contributed by atoms with Crippen molar-refractivity contribution >= 4 is 14.0 Å². The Morgan fingerprint density at radius 3 is 2.45 bits per heavy atom. The highest BCUT2D eigenvalue weighted by Gasteiger charge is 2.21. The molecule has 0 aliphatic rings. The predicted molar refractivity (Wildman–Crippen MR) is 90.1 cm³/mol. The van der Waals surface area contributed by atoms with Crippen molar-refractivity contribution < 1.29 is 19.4 Å². The molecule has 0 amide bonds. The van der Waals surface area contributed by atoms with E-state index >= 15 is 0 Å². The number of hydrogen-bond acceptors (Lipinski definition) is 4. The Morgan fingerprint density at radius 1 is 1.27 bits per heavy atom. The highest BCUT2D eigenvalue weighted by atomic mass is 28.3. The number of carbonyl (C=O) groups excluding carboxylic acids is 1. The number of benzene rings is 1. The van der Waals surface area contributed by atoms with Gasteiger partial charge in [-0.1, -0.05) is 61.7 Å². The van der Waals surface area contributed by atoms with Gasteiger partial charge in [0.15, 0.2) is 0 Å². The van der Waals surface area contributed by atoms with Crippen molar-refractivity contribution in [3.63, 3.8) is 0 Å². The Morgan fingerprint density at radius 2 is 1.91 bits per heavy atom. The van der Waals surface area contributed by atoms with E-state index in [2.05, 4.69) is 36.2 Å². The number of aliphatic hydroxyl groups excluding tert-OH is 1. The summed E-state index contributed by atoms with van der Waals surface area (Å²) in [5.41, 5.74) is 3.34. The Kier molecular flexibility index (Phi) is 7.51. The number of hydrogen-bond donors (Lipinski definition) is 1. The molecule has 0 heterocycles. The van der Waals surface area contributed by atoms with E-state index in [1.54, 1.807) is 0 Å². The van der Waals surface area contributed by atoms with Crippen molar-refractivity contribution in [2.45, 2.75) is 44.9 Å². The van der Waals surface area contributed by atoms with Crippen molar-refractivity contribution in [3.05, 3.63) is 47.7 Å². The highest BCUT2D eigenvalue weighted by molar-refractivity contribution is 6.80. The summed E-state index contributed by atoms with van der Waals surface area (Å²) in [6, 6.07) is 9.88. The smallest absolute Gasteiger partial charge is 0.363 e. The van der Waals surface area contributed by atoms with E-state index in [0.29, 0.717) is 12.8 Å². The molecule has 0 spiro atoms. The zero-order valence-corrected chi connectivity index (χ0v) is 14.8. The van der Waals surface area contributed by atoms with Crippen LogP contribution in [0.15, 0.2) is 42.1 Å². The van der Waals surface area contributed by atoms with Crippen LogP contribution in [-0.4, -0.2) is 38.7 Å². The maximum atomic E-state index is 11.3. The molecule has 1 rings (SSSR count). The minimum absolute atomic E-state index is 0.274. The van der Waals surface area contributed by atoms with E-state index in [4.69, 9.17) is 4.74 Å². The van der Waals surface area contributed by atoms with E-state index in [-0.39, 0.29) is 6.10 Å². The molecule has 1 aromatic rings. The topological polar surface area (TPSA) is 55.8 Å². The zero-order valence-electron chi connectivity index (χ0n) is 13.8. The summed E-state index contributed by atoms with van der Waals surface area (Å²) in [7, 11) is -0.0466. The van der Waals surface area contributed by atoms with Gasteiger partial charge < -0.3 is 14.6 Å². The summed E-state index contributed by atoms with van der Waals surface area (Å²) in [6.07, 6.45) is 1.55. The van der Waals surface area contributed by atoms with E-state index < -0.39 is 20.3 Å². The van der Waals surface area contributed by atoms with Crippen LogP contribution < -0.4 is 0 Å². The molecule has 22 heavy (non-hydrogen) atoms. The second kappa shape index (κ2) is 8.88. The third kappa shape index (κ3) is 7.54. The SMILES string of the molecule is COC(=O)C(O)OC(C/C=C/[Si](C)(C)C)Cc1ccccc1. The number of ether oxygens (including phenoxy) is 2. The first kappa shape index (κ1) is 18.6. The van der Waals surface area contributed by atoms with Crippen molar-refractivity contribution in [2.24, 2.45) is 0 Å². The van der Waals surface area contributed by atoms with Crippen LogP contribution in [0.3, 0.4) is 0 Å². The Balaban J connectivity index is 2.72. The van der Waals surface area contributed by atoms with Crippen molar-refractivity contribution in [2.75, 3.05) is 7.11 Å². The van der Waals surface area contributed by atoms with E-state index in [1.807, 2.05) is 30.3 Å². The molecule has 1 aromatic carbocycles. The van der Waals surface area contributed by atoms with Crippen LogP contribution in [0.1, 0.15) is 12.0 Å². The highest BCUT2D eigenvalue weighted by Crippen LogP contribution is 2.13. The fourth-order valence-corrected chi connectivity index (χ4v) is 2.82. The maximum absolute atomic E-state index is 11.3. The normalized spacial score (nSPS) is 14.8. The third-order valence-electron chi connectivity index (χ3n) is 3.05. The molecule has 4 nitrogen and oxygen atoms in total. The summed E-state index contributed by atoms with van der Waals surface area (Å²) in [4.78, 5) is 11.3. The van der Waals surface area contributed by atoms with Crippen LogP contribution in [0.25, 0.3) is 0 Å². The van der Waals surface area contributed by atoms with Gasteiger partial charge in [-0.3, -0.25) is 0 Å². The number of esters is 1. The third-order valence-corrected chi connectivity index (χ3v) is 4.28. The summed E-state index contributed by atoms with van der Waals surface area (Å²) in [5.74, 6) is -0.771. The average Bonchev–Trinajstić information content (AvgIpc) is 2.45. The summed E-state index contributed by atoms with van der Waals surface area (Å²) in [6.45, 7) is 6.75. The molecule has 1 N–H and O–H groups in total. The molecule has 0 bridgehead atoms. The second-order valence-electron chi connectivity index (χ2n) is 6.33. The average molecular weight is 322 g/mol. The van der Waals surface area contributed by atoms with Gasteiger partial charge in [-0.2, -0.15) is 0 Å². The lowest BCUT2D eigenvalue weighted by atomic mass is 10.1. The van der Waals surface area contributed by atoms with E-state index in [0.717, 1.165) is 5.56 Å². The van der Waals surface area contributed by atoms with Gasteiger partial charge in [0.2, 0.25) is 0 Å². The predicted octanol–water partition coefficient (Wildman–Crippen LogP) is 2.93. The molecule has 2 atom stereocenters. The fraction of sp³-hybridized carbons (Fsp3) is 0.471. The number of rotatable bonds is 8. The second-order valence-corrected chi connectivity index (χ2v) is 11.4. The number of methoxy groups -OCH3 is 1. The Hall–Kier alpha value is -1.43. The molecule has 0 radical (unpaired) electrons. The van der Waals surface area contributed by atoms with E-state index in [9.17, 15) is 9.90 Å². The zero-order chi connectivity index (χ0) is 16.6. The van der Waals surface area contributed by atoms with Gasteiger partial charge >= 0.3 is 5.97 Å². The lowest BCUT2D eigenvalue weighted by Gasteiger charge is -2.20. The quantitative estimate of drug-likeness (QED) is 0.454. The van der Waals surface area contributed by atoms with Gasteiger partial charge in [-0.25, -0.2) is 4.79 Å². The summed E-state index contributed by atoms with van der Waals surface area (Å²) >= 11 is 0. The molecule has 122 valence electrons. The maximum Gasteiger partial charge on any atom is 0.363 e. The molecule has 0 aromatic heterocycles. The van der Waals surface area contributed by atoms with Crippen LogP contribution in [0, 0.1) is 0 Å². The molecule has 2 unspecified atom stereocenters. The lowest BCUT2D eigenvalue weighted by molar-refractivity contribution is -0.189. The molecule has 0 saturated carbocycles. The fourth-order valence-electron chi connectivity index (χ4n) is 1.98. The lowest BCUT2D eigenvalue weighted by Crippen LogP contribution is -2.31. The van der Waals surface area contributed by atoms with Crippen molar-refractivity contribution in [1.29, 1.82) is 0 Å². The number of aliphatic hydroxyl groups is 1. The van der Waals surface area contributed by atoms with E-state index in [1.165, 1.54) is 7.11 Å². The van der Waals surface area contributed by atoms with Gasteiger partial charge in [-0.15, -0.1) is 0 Å².